The van der Waals surface area contributed by atoms with Gasteiger partial charge in [0.1, 0.15) is 12.1 Å². The van der Waals surface area contributed by atoms with E-state index in [4.69, 9.17) is 16.3 Å². The van der Waals surface area contributed by atoms with Crippen LogP contribution in [0.4, 0.5) is 10.5 Å². The average Bonchev–Trinajstić information content (AvgIpc) is 2.88. The minimum atomic E-state index is -0.987. The summed E-state index contributed by atoms with van der Waals surface area (Å²) in [4.78, 5) is 49.1. The van der Waals surface area contributed by atoms with Gasteiger partial charge in [-0.15, -0.1) is 0 Å². The van der Waals surface area contributed by atoms with E-state index in [1.807, 2.05) is 0 Å². The van der Waals surface area contributed by atoms with Crippen LogP contribution < -0.4 is 10.6 Å². The zero-order chi connectivity index (χ0) is 20.2. The lowest BCUT2D eigenvalue weighted by Crippen LogP contribution is -2.46. The van der Waals surface area contributed by atoms with E-state index in [1.165, 1.54) is 0 Å². The van der Waals surface area contributed by atoms with Crippen LogP contribution in [0, 0.1) is 6.92 Å². The molecule has 0 atom stereocenters. The molecule has 1 saturated heterocycles. The van der Waals surface area contributed by atoms with E-state index in [2.05, 4.69) is 10.6 Å². The molecule has 1 heterocycles. The second kappa shape index (κ2) is 8.39. The van der Waals surface area contributed by atoms with Gasteiger partial charge >= 0.3 is 12.0 Å². The van der Waals surface area contributed by atoms with Gasteiger partial charge in [0.05, 0.1) is 0 Å². The van der Waals surface area contributed by atoms with E-state index >= 15 is 0 Å². The van der Waals surface area contributed by atoms with Crippen LogP contribution in [0.2, 0.25) is 5.02 Å². The lowest BCUT2D eigenvalue weighted by atomic mass is 9.93. The molecule has 0 unspecified atom stereocenters. The van der Waals surface area contributed by atoms with Crippen LogP contribution >= 0.6 is 11.6 Å². The molecule has 0 aliphatic carbocycles. The Labute approximate surface area is 162 Å². The molecule has 8 nitrogen and oxygen atoms in total. The molecule has 1 aromatic carbocycles. The fourth-order valence-corrected chi connectivity index (χ4v) is 2.97. The van der Waals surface area contributed by atoms with Crippen molar-refractivity contribution in [3.63, 3.8) is 0 Å². The molecule has 0 saturated carbocycles. The summed E-state index contributed by atoms with van der Waals surface area (Å²) >= 11 is 5.98. The van der Waals surface area contributed by atoms with E-state index in [1.54, 1.807) is 39.0 Å². The lowest BCUT2D eigenvalue weighted by molar-refractivity contribution is -0.150. The molecule has 1 aromatic rings. The van der Waals surface area contributed by atoms with E-state index < -0.39 is 42.5 Å². The molecule has 0 bridgehead atoms. The van der Waals surface area contributed by atoms with Crippen molar-refractivity contribution in [2.24, 2.45) is 0 Å². The van der Waals surface area contributed by atoms with Gasteiger partial charge in [-0.1, -0.05) is 31.5 Å². The molecule has 1 fully saturated rings. The highest BCUT2D eigenvalue weighted by Gasteiger charge is 2.49. The molecule has 2 N–H and O–H groups in total. The number of nitrogens with zero attached hydrogens (tertiary/aromatic N) is 1. The number of rotatable bonds is 7. The Balaban J connectivity index is 1.89. The molecule has 146 valence electrons. The van der Waals surface area contributed by atoms with Crippen molar-refractivity contribution in [2.75, 3.05) is 18.5 Å². The van der Waals surface area contributed by atoms with Crippen LogP contribution in [0.15, 0.2) is 18.2 Å². The summed E-state index contributed by atoms with van der Waals surface area (Å²) in [7, 11) is 0. The van der Waals surface area contributed by atoms with E-state index in [-0.39, 0.29) is 0 Å². The summed E-state index contributed by atoms with van der Waals surface area (Å²) in [6, 6.07) is 4.41. The van der Waals surface area contributed by atoms with E-state index in [9.17, 15) is 19.2 Å². The van der Waals surface area contributed by atoms with Crippen molar-refractivity contribution in [1.29, 1.82) is 0 Å². The molecule has 2 rings (SSSR count). The van der Waals surface area contributed by atoms with Gasteiger partial charge in [0.25, 0.3) is 11.8 Å². The summed E-state index contributed by atoms with van der Waals surface area (Å²) in [5.74, 6) is -1.87. The standard InChI is InChI=1S/C18H22ClN3O5/c1-4-18(5-2)16(25)22(17(26)21-18)9-15(24)27-10-14(23)20-13-8-6-7-12(19)11(13)3/h6-8H,4-5,9-10H2,1-3H3,(H,20,23)(H,21,26). The Morgan fingerprint density at radius 1 is 1.26 bits per heavy atom. The Kier molecular flexibility index (Phi) is 6.43. The normalized spacial score (nSPS) is 15.5. The minimum absolute atomic E-state index is 0.418. The van der Waals surface area contributed by atoms with Crippen LogP contribution in [0.3, 0.4) is 0 Å². The van der Waals surface area contributed by atoms with Crippen molar-refractivity contribution in [3.8, 4) is 0 Å². The van der Waals surface area contributed by atoms with Crippen molar-refractivity contribution >= 4 is 41.1 Å². The summed E-state index contributed by atoms with van der Waals surface area (Å²) < 4.78 is 4.88. The lowest BCUT2D eigenvalue weighted by Gasteiger charge is -2.22. The van der Waals surface area contributed by atoms with E-state index in [0.717, 1.165) is 4.90 Å². The average molecular weight is 396 g/mol. The molecule has 1 aliphatic heterocycles. The molecular formula is C18H22ClN3O5. The first-order valence-electron chi connectivity index (χ1n) is 8.58. The zero-order valence-electron chi connectivity index (χ0n) is 15.4. The molecule has 0 aromatic heterocycles. The number of carbonyl (C=O) groups excluding carboxylic acids is 4. The minimum Gasteiger partial charge on any atom is -0.454 e. The molecule has 1 aliphatic rings. The number of urea groups is 1. The van der Waals surface area contributed by atoms with Gasteiger partial charge in [-0.05, 0) is 37.5 Å². The third kappa shape index (κ3) is 4.39. The van der Waals surface area contributed by atoms with Gasteiger partial charge in [-0.3, -0.25) is 19.3 Å². The summed E-state index contributed by atoms with van der Waals surface area (Å²) in [6.07, 6.45) is 0.835. The van der Waals surface area contributed by atoms with Gasteiger partial charge in [0, 0.05) is 10.7 Å². The predicted molar refractivity (Wildman–Crippen MR) is 99.3 cm³/mol. The molecule has 27 heavy (non-hydrogen) atoms. The van der Waals surface area contributed by atoms with Crippen molar-refractivity contribution in [1.82, 2.24) is 10.2 Å². The third-order valence-corrected chi connectivity index (χ3v) is 5.06. The summed E-state index contributed by atoms with van der Waals surface area (Å²) in [5, 5.41) is 5.71. The number of nitrogens with one attached hydrogen (secondary N) is 2. The van der Waals surface area contributed by atoms with Gasteiger partial charge in [0.15, 0.2) is 6.61 Å². The Hall–Kier alpha value is -2.61. The first kappa shape index (κ1) is 20.7. The van der Waals surface area contributed by atoms with Gasteiger partial charge < -0.3 is 15.4 Å². The van der Waals surface area contributed by atoms with Crippen molar-refractivity contribution in [3.05, 3.63) is 28.8 Å². The number of hydrogen-bond donors (Lipinski definition) is 2. The number of imide groups is 1. The zero-order valence-corrected chi connectivity index (χ0v) is 16.2. The van der Waals surface area contributed by atoms with Crippen LogP contribution in [-0.2, 0) is 19.1 Å². The number of amides is 4. The van der Waals surface area contributed by atoms with Gasteiger partial charge in [0.2, 0.25) is 0 Å². The topological polar surface area (TPSA) is 105 Å². The van der Waals surface area contributed by atoms with Crippen LogP contribution in [0.25, 0.3) is 0 Å². The quantitative estimate of drug-likeness (QED) is 0.544. The van der Waals surface area contributed by atoms with Crippen LogP contribution in [0.1, 0.15) is 32.3 Å². The largest absolute Gasteiger partial charge is 0.454 e. The second-order valence-corrected chi connectivity index (χ2v) is 6.64. The highest BCUT2D eigenvalue weighted by atomic mass is 35.5. The number of carbonyl (C=O) groups is 4. The maximum absolute atomic E-state index is 12.4. The maximum Gasteiger partial charge on any atom is 0.326 e. The Morgan fingerprint density at radius 2 is 1.93 bits per heavy atom. The van der Waals surface area contributed by atoms with Crippen molar-refractivity contribution < 1.29 is 23.9 Å². The molecule has 0 radical (unpaired) electrons. The first-order chi connectivity index (χ1) is 12.7. The fourth-order valence-electron chi connectivity index (χ4n) is 2.80. The summed E-state index contributed by atoms with van der Waals surface area (Å²) in [6.45, 7) is 4.23. The molecule has 4 amide bonds. The summed E-state index contributed by atoms with van der Waals surface area (Å²) in [5.41, 5.74) is 0.209. The van der Waals surface area contributed by atoms with Crippen LogP contribution in [-0.4, -0.2) is 47.4 Å². The number of halogens is 1. The Morgan fingerprint density at radius 3 is 2.52 bits per heavy atom. The SMILES string of the molecule is CCC1(CC)NC(=O)N(CC(=O)OCC(=O)Nc2cccc(Cl)c2C)C1=O. The smallest absolute Gasteiger partial charge is 0.326 e. The highest BCUT2D eigenvalue weighted by Crippen LogP contribution is 2.25. The van der Waals surface area contributed by atoms with E-state index in [0.29, 0.717) is 29.1 Å². The fraction of sp³-hybridized carbons (Fsp3) is 0.444. The monoisotopic (exact) mass is 395 g/mol. The van der Waals surface area contributed by atoms with Gasteiger partial charge in [-0.2, -0.15) is 0 Å². The number of esters is 1. The molecular weight excluding hydrogens is 374 g/mol. The Bertz CT molecular complexity index is 776. The third-order valence-electron chi connectivity index (χ3n) is 4.65. The number of hydrogen-bond acceptors (Lipinski definition) is 5. The van der Waals surface area contributed by atoms with Gasteiger partial charge in [-0.25, -0.2) is 4.79 Å². The number of anilines is 1. The number of benzene rings is 1. The highest BCUT2D eigenvalue weighted by molar-refractivity contribution is 6.31. The second-order valence-electron chi connectivity index (χ2n) is 6.23. The van der Waals surface area contributed by atoms with Crippen molar-refractivity contribution in [2.45, 2.75) is 39.2 Å². The maximum atomic E-state index is 12.4. The van der Waals surface area contributed by atoms with Crippen LogP contribution in [0.5, 0.6) is 0 Å². The number of ether oxygens (including phenoxy) is 1. The molecule has 0 spiro atoms. The first-order valence-corrected chi connectivity index (χ1v) is 8.96. The molecule has 9 heteroatoms. The predicted octanol–water partition coefficient (Wildman–Crippen LogP) is 2.24.